The van der Waals surface area contributed by atoms with Crippen LogP contribution in [0.2, 0.25) is 0 Å². The molecule has 122 valence electrons. The number of nitrogens with zero attached hydrogens (tertiary/aromatic N) is 5. The van der Waals surface area contributed by atoms with Crippen molar-refractivity contribution in [3.05, 3.63) is 30.2 Å². The van der Waals surface area contributed by atoms with Gasteiger partial charge in [0.15, 0.2) is 5.82 Å². The van der Waals surface area contributed by atoms with E-state index in [-0.39, 0.29) is 17.8 Å². The molecule has 1 fully saturated rings. The second-order valence-corrected chi connectivity index (χ2v) is 5.63. The first-order chi connectivity index (χ1) is 11.1. The van der Waals surface area contributed by atoms with Crippen LogP contribution in [0, 0.1) is 0 Å². The fourth-order valence-electron chi connectivity index (χ4n) is 2.49. The third kappa shape index (κ3) is 3.58. The van der Waals surface area contributed by atoms with Crippen LogP contribution in [0.1, 0.15) is 23.4 Å². The van der Waals surface area contributed by atoms with Gasteiger partial charge in [0.25, 0.3) is 5.91 Å². The molecule has 0 N–H and O–H groups in total. The molecule has 0 bridgehead atoms. The number of aromatic nitrogens is 3. The fraction of sp³-hybridized carbons (Fsp3) is 0.467. The average molecular weight is 317 g/mol. The van der Waals surface area contributed by atoms with Crippen molar-refractivity contribution >= 4 is 11.7 Å². The van der Waals surface area contributed by atoms with E-state index in [0.29, 0.717) is 19.0 Å². The Labute approximate surface area is 134 Å². The molecule has 1 saturated heterocycles. The zero-order chi connectivity index (χ0) is 16.2. The van der Waals surface area contributed by atoms with Gasteiger partial charge in [0.05, 0.1) is 12.7 Å². The summed E-state index contributed by atoms with van der Waals surface area (Å²) >= 11 is 0. The van der Waals surface area contributed by atoms with Crippen molar-refractivity contribution in [1.29, 1.82) is 0 Å². The van der Waals surface area contributed by atoms with E-state index in [1.165, 1.54) is 6.20 Å². The summed E-state index contributed by atoms with van der Waals surface area (Å²) in [6.07, 6.45) is 3.10. The number of hydrogen-bond acceptors (Lipinski definition) is 7. The minimum atomic E-state index is -0.162. The Balaban J connectivity index is 1.61. The Morgan fingerprint density at radius 1 is 1.35 bits per heavy atom. The predicted octanol–water partition coefficient (Wildman–Crippen LogP) is 1.21. The van der Waals surface area contributed by atoms with E-state index in [2.05, 4.69) is 15.4 Å². The van der Waals surface area contributed by atoms with Gasteiger partial charge in [-0.1, -0.05) is 5.16 Å². The Morgan fingerprint density at radius 2 is 2.22 bits per heavy atom. The van der Waals surface area contributed by atoms with Gasteiger partial charge in [-0.05, 0) is 18.9 Å². The van der Waals surface area contributed by atoms with Gasteiger partial charge in [-0.3, -0.25) is 4.79 Å². The first-order valence-electron chi connectivity index (χ1n) is 7.51. The highest BCUT2D eigenvalue weighted by molar-refractivity contribution is 5.91. The van der Waals surface area contributed by atoms with Gasteiger partial charge in [-0.2, -0.15) is 0 Å². The van der Waals surface area contributed by atoms with Crippen LogP contribution >= 0.6 is 0 Å². The van der Waals surface area contributed by atoms with Crippen LogP contribution in [0.15, 0.2) is 28.9 Å². The number of ether oxygens (including phenoxy) is 1. The molecule has 1 atom stereocenters. The SMILES string of the molecule is CN(C)c1ccc(OC2CCCN(C(=O)c3ccno3)C2)nn1. The van der Waals surface area contributed by atoms with Crippen LogP contribution in [0.4, 0.5) is 5.82 Å². The zero-order valence-electron chi connectivity index (χ0n) is 13.2. The van der Waals surface area contributed by atoms with Gasteiger partial charge >= 0.3 is 0 Å². The molecule has 8 nitrogen and oxygen atoms in total. The summed E-state index contributed by atoms with van der Waals surface area (Å²) < 4.78 is 10.8. The van der Waals surface area contributed by atoms with Crippen molar-refractivity contribution in [2.24, 2.45) is 0 Å². The quantitative estimate of drug-likeness (QED) is 0.838. The third-order valence-electron chi connectivity index (χ3n) is 3.69. The Morgan fingerprint density at radius 3 is 2.87 bits per heavy atom. The van der Waals surface area contributed by atoms with Gasteiger partial charge in [0, 0.05) is 32.8 Å². The molecule has 8 heteroatoms. The third-order valence-corrected chi connectivity index (χ3v) is 3.69. The minimum absolute atomic E-state index is 0.102. The number of carbonyl (C=O) groups is 1. The number of amides is 1. The number of carbonyl (C=O) groups excluding carboxylic acids is 1. The highest BCUT2D eigenvalue weighted by Gasteiger charge is 2.27. The highest BCUT2D eigenvalue weighted by Crippen LogP contribution is 2.19. The summed E-state index contributed by atoms with van der Waals surface area (Å²) in [5.41, 5.74) is 0. The first-order valence-corrected chi connectivity index (χ1v) is 7.51. The molecule has 0 aromatic carbocycles. The van der Waals surface area contributed by atoms with Crippen molar-refractivity contribution in [2.75, 3.05) is 32.1 Å². The van der Waals surface area contributed by atoms with E-state index in [4.69, 9.17) is 9.26 Å². The molecule has 2 aromatic heterocycles. The van der Waals surface area contributed by atoms with E-state index in [1.807, 2.05) is 25.1 Å². The normalized spacial score (nSPS) is 17.8. The number of likely N-dealkylation sites (tertiary alicyclic amines) is 1. The van der Waals surface area contributed by atoms with Gasteiger partial charge in [0.2, 0.25) is 11.6 Å². The molecule has 0 aliphatic carbocycles. The first kappa shape index (κ1) is 15.3. The lowest BCUT2D eigenvalue weighted by Gasteiger charge is -2.31. The van der Waals surface area contributed by atoms with Crippen molar-refractivity contribution in [2.45, 2.75) is 18.9 Å². The molecule has 3 heterocycles. The van der Waals surface area contributed by atoms with Gasteiger partial charge in [0.1, 0.15) is 6.10 Å². The van der Waals surface area contributed by atoms with E-state index < -0.39 is 0 Å². The number of piperidine rings is 1. The standard InChI is InChI=1S/C15H19N5O3/c1-19(2)13-5-6-14(18-17-13)22-11-4-3-9-20(10-11)15(21)12-7-8-16-23-12/h5-8,11H,3-4,9-10H2,1-2H3. The average Bonchev–Trinajstić information content (AvgIpc) is 3.09. The molecular formula is C15H19N5O3. The Kier molecular flexibility index (Phi) is 4.40. The van der Waals surface area contributed by atoms with Crippen LogP contribution in [0.5, 0.6) is 5.88 Å². The molecule has 0 radical (unpaired) electrons. The summed E-state index contributed by atoms with van der Waals surface area (Å²) in [5.74, 6) is 1.32. The molecule has 0 saturated carbocycles. The van der Waals surface area contributed by atoms with Gasteiger partial charge in [-0.25, -0.2) is 0 Å². The topological polar surface area (TPSA) is 84.6 Å². The second-order valence-electron chi connectivity index (χ2n) is 5.63. The smallest absolute Gasteiger partial charge is 0.292 e. The zero-order valence-corrected chi connectivity index (χ0v) is 13.2. The molecule has 2 aromatic rings. The molecule has 1 aliphatic rings. The summed E-state index contributed by atoms with van der Waals surface area (Å²) in [6.45, 7) is 1.18. The van der Waals surface area contributed by atoms with Crippen molar-refractivity contribution in [3.63, 3.8) is 0 Å². The molecule has 1 amide bonds. The maximum atomic E-state index is 12.3. The van der Waals surface area contributed by atoms with Crippen LogP contribution < -0.4 is 9.64 Å². The monoisotopic (exact) mass is 317 g/mol. The molecule has 1 aliphatic heterocycles. The largest absolute Gasteiger partial charge is 0.471 e. The number of hydrogen-bond donors (Lipinski definition) is 0. The lowest BCUT2D eigenvalue weighted by Crippen LogP contribution is -2.44. The second kappa shape index (κ2) is 6.64. The van der Waals surface area contributed by atoms with Gasteiger partial charge in [-0.15, -0.1) is 10.2 Å². The van der Waals surface area contributed by atoms with E-state index in [1.54, 1.807) is 17.0 Å². The molecule has 23 heavy (non-hydrogen) atoms. The Hall–Kier alpha value is -2.64. The molecular weight excluding hydrogens is 298 g/mol. The maximum absolute atomic E-state index is 12.3. The van der Waals surface area contributed by atoms with Crippen LogP contribution in [-0.2, 0) is 0 Å². The minimum Gasteiger partial charge on any atom is -0.471 e. The number of anilines is 1. The summed E-state index contributed by atoms with van der Waals surface area (Å²) in [5, 5.41) is 11.7. The maximum Gasteiger partial charge on any atom is 0.292 e. The predicted molar refractivity (Wildman–Crippen MR) is 82.4 cm³/mol. The molecule has 3 rings (SSSR count). The fourth-order valence-corrected chi connectivity index (χ4v) is 2.49. The van der Waals surface area contributed by atoms with E-state index >= 15 is 0 Å². The van der Waals surface area contributed by atoms with Crippen molar-refractivity contribution < 1.29 is 14.1 Å². The van der Waals surface area contributed by atoms with Crippen molar-refractivity contribution in [1.82, 2.24) is 20.3 Å². The molecule has 1 unspecified atom stereocenters. The lowest BCUT2D eigenvalue weighted by molar-refractivity contribution is 0.0490. The summed E-state index contributed by atoms with van der Waals surface area (Å²) in [7, 11) is 3.80. The van der Waals surface area contributed by atoms with Crippen LogP contribution in [0.25, 0.3) is 0 Å². The summed E-state index contributed by atoms with van der Waals surface area (Å²) in [6, 6.07) is 5.21. The van der Waals surface area contributed by atoms with Crippen LogP contribution in [-0.4, -0.2) is 59.4 Å². The van der Waals surface area contributed by atoms with Crippen molar-refractivity contribution in [3.8, 4) is 5.88 Å². The number of rotatable bonds is 4. The van der Waals surface area contributed by atoms with Gasteiger partial charge < -0.3 is 19.1 Å². The van der Waals surface area contributed by atoms with E-state index in [0.717, 1.165) is 18.7 Å². The Bertz CT molecular complexity index is 642. The van der Waals surface area contributed by atoms with E-state index in [9.17, 15) is 4.79 Å². The lowest BCUT2D eigenvalue weighted by atomic mass is 10.1. The van der Waals surface area contributed by atoms with Crippen LogP contribution in [0.3, 0.4) is 0 Å². The highest BCUT2D eigenvalue weighted by atomic mass is 16.5. The molecule has 0 spiro atoms. The summed E-state index contributed by atoms with van der Waals surface area (Å²) in [4.78, 5) is 15.9.